The van der Waals surface area contributed by atoms with Crippen LogP contribution in [0.25, 0.3) is 0 Å². The number of halogens is 1. The van der Waals surface area contributed by atoms with Gasteiger partial charge in [-0.05, 0) is 43.7 Å². The van der Waals surface area contributed by atoms with Gasteiger partial charge < -0.3 is 10.2 Å². The molecule has 9 heteroatoms. The molecule has 7 nitrogen and oxygen atoms in total. The van der Waals surface area contributed by atoms with Gasteiger partial charge in [0.1, 0.15) is 11.5 Å². The lowest BCUT2D eigenvalue weighted by Crippen LogP contribution is -2.34. The predicted octanol–water partition coefficient (Wildman–Crippen LogP) is 1.80. The first kappa shape index (κ1) is 18.2. The van der Waals surface area contributed by atoms with Crippen LogP contribution < -0.4 is 10.2 Å². The normalized spacial score (nSPS) is 18.5. The van der Waals surface area contributed by atoms with Gasteiger partial charge >= 0.3 is 0 Å². The molecule has 0 spiro atoms. The molecule has 26 heavy (non-hydrogen) atoms. The third-order valence-corrected chi connectivity index (χ3v) is 6.00. The van der Waals surface area contributed by atoms with Crippen LogP contribution in [-0.2, 0) is 9.84 Å². The predicted molar refractivity (Wildman–Crippen MR) is 96.6 cm³/mol. The van der Waals surface area contributed by atoms with Crippen molar-refractivity contribution in [3.05, 3.63) is 47.5 Å². The summed E-state index contributed by atoms with van der Waals surface area (Å²) in [5.41, 5.74) is 1.20. The minimum Gasteiger partial charge on any atom is -0.340 e. The molecule has 2 heterocycles. The summed E-state index contributed by atoms with van der Waals surface area (Å²) in [4.78, 5) is 22.7. The zero-order valence-corrected chi connectivity index (χ0v) is 15.3. The molecule has 0 bridgehead atoms. The monoisotopic (exact) mass is 378 g/mol. The molecule has 1 amide bonds. The van der Waals surface area contributed by atoms with Crippen LogP contribution in [0.5, 0.6) is 0 Å². The van der Waals surface area contributed by atoms with Crippen LogP contribution in [0.4, 0.5) is 16.0 Å². The first-order valence-corrected chi connectivity index (χ1v) is 9.91. The molecular weight excluding hydrogens is 359 g/mol. The maximum atomic E-state index is 13.0. The van der Waals surface area contributed by atoms with Crippen molar-refractivity contribution in [3.63, 3.8) is 0 Å². The molecular formula is C17H19FN4O3S. The number of carbonyl (C=O) groups is 1. The third kappa shape index (κ3) is 4.16. The van der Waals surface area contributed by atoms with E-state index in [2.05, 4.69) is 15.3 Å². The fraction of sp³-hybridized carbons (Fsp3) is 0.353. The number of nitrogens with one attached hydrogen (secondary N) is 1. The van der Waals surface area contributed by atoms with Crippen molar-refractivity contribution in [1.82, 2.24) is 9.97 Å². The van der Waals surface area contributed by atoms with Gasteiger partial charge in [-0.3, -0.25) is 4.79 Å². The summed E-state index contributed by atoms with van der Waals surface area (Å²) >= 11 is 0. The number of sulfone groups is 1. The zero-order valence-electron chi connectivity index (χ0n) is 14.4. The Morgan fingerprint density at radius 3 is 2.58 bits per heavy atom. The van der Waals surface area contributed by atoms with Crippen molar-refractivity contribution >= 4 is 27.4 Å². The van der Waals surface area contributed by atoms with E-state index < -0.39 is 21.6 Å². The van der Waals surface area contributed by atoms with Crippen molar-refractivity contribution in [2.24, 2.45) is 0 Å². The maximum Gasteiger partial charge on any atom is 0.274 e. The third-order valence-electron chi connectivity index (χ3n) is 4.25. The van der Waals surface area contributed by atoms with Gasteiger partial charge in [-0.1, -0.05) is 0 Å². The lowest BCUT2D eigenvalue weighted by molar-refractivity contribution is 0.102. The van der Waals surface area contributed by atoms with E-state index in [1.54, 1.807) is 24.9 Å². The number of nitrogens with zero attached hydrogens (tertiary/aromatic N) is 3. The summed E-state index contributed by atoms with van der Waals surface area (Å²) < 4.78 is 36.3. The fourth-order valence-corrected chi connectivity index (χ4v) is 4.57. The van der Waals surface area contributed by atoms with Gasteiger partial charge in [0.25, 0.3) is 5.91 Å². The van der Waals surface area contributed by atoms with Crippen LogP contribution in [0.1, 0.15) is 22.6 Å². The molecule has 2 aromatic rings. The van der Waals surface area contributed by atoms with Crippen LogP contribution in [0.15, 0.2) is 30.3 Å². The van der Waals surface area contributed by atoms with Crippen molar-refractivity contribution in [3.8, 4) is 0 Å². The summed E-state index contributed by atoms with van der Waals surface area (Å²) in [5.74, 6) is -0.340. The van der Waals surface area contributed by atoms with Gasteiger partial charge in [-0.2, -0.15) is 0 Å². The fourth-order valence-electron chi connectivity index (χ4n) is 2.80. The molecule has 1 fully saturated rings. The van der Waals surface area contributed by atoms with E-state index in [0.717, 1.165) is 0 Å². The van der Waals surface area contributed by atoms with Crippen LogP contribution in [0.2, 0.25) is 0 Å². The average Bonchev–Trinajstić information content (AvgIpc) is 2.95. The largest absolute Gasteiger partial charge is 0.340 e. The lowest BCUT2D eigenvalue weighted by Gasteiger charge is -2.23. The molecule has 1 saturated heterocycles. The number of carbonyl (C=O) groups excluding carboxylic acids is 1. The number of hydrogen-bond donors (Lipinski definition) is 1. The van der Waals surface area contributed by atoms with Gasteiger partial charge in [-0.15, -0.1) is 0 Å². The molecule has 3 rings (SSSR count). The van der Waals surface area contributed by atoms with Crippen molar-refractivity contribution in [1.29, 1.82) is 0 Å². The van der Waals surface area contributed by atoms with E-state index in [4.69, 9.17) is 0 Å². The zero-order chi connectivity index (χ0) is 18.9. The Kier molecular flexibility index (Phi) is 4.90. The number of benzene rings is 1. The highest BCUT2D eigenvalue weighted by molar-refractivity contribution is 7.91. The Hall–Kier alpha value is -2.55. The number of aromatic nitrogens is 2. The van der Waals surface area contributed by atoms with Crippen LogP contribution in [-0.4, -0.2) is 48.9 Å². The standard InChI is InChI=1S/C17H19FN4O3S/c1-11-9-15(16(23)20-13-5-3-12(18)4-6-13)21-17(19-11)22(2)14-7-8-26(24,25)10-14/h3-6,9,14H,7-8,10H2,1-2H3,(H,20,23). The average molecular weight is 378 g/mol. The highest BCUT2D eigenvalue weighted by atomic mass is 32.2. The summed E-state index contributed by atoms with van der Waals surface area (Å²) in [5, 5.41) is 2.65. The second-order valence-corrected chi connectivity index (χ2v) is 8.55. The molecule has 1 aliphatic rings. The quantitative estimate of drug-likeness (QED) is 0.872. The van der Waals surface area contributed by atoms with Crippen molar-refractivity contribution in [2.45, 2.75) is 19.4 Å². The molecule has 138 valence electrons. The molecule has 1 unspecified atom stereocenters. The van der Waals surface area contributed by atoms with E-state index in [1.165, 1.54) is 24.3 Å². The van der Waals surface area contributed by atoms with Gasteiger partial charge in [0.15, 0.2) is 9.84 Å². The number of hydrogen-bond acceptors (Lipinski definition) is 6. The summed E-state index contributed by atoms with van der Waals surface area (Å²) in [6, 6.07) is 6.74. The Bertz CT molecular complexity index is 932. The summed E-state index contributed by atoms with van der Waals surface area (Å²) in [7, 11) is -1.31. The number of aryl methyl sites for hydroxylation is 1. The van der Waals surface area contributed by atoms with E-state index in [1.807, 2.05) is 0 Å². The highest BCUT2D eigenvalue weighted by Gasteiger charge is 2.32. The minimum absolute atomic E-state index is 0.0535. The molecule has 1 aromatic carbocycles. The van der Waals surface area contributed by atoms with Crippen LogP contribution >= 0.6 is 0 Å². The molecule has 1 aliphatic heterocycles. The second kappa shape index (κ2) is 6.99. The maximum absolute atomic E-state index is 13.0. The first-order chi connectivity index (χ1) is 12.2. The van der Waals surface area contributed by atoms with Gasteiger partial charge in [-0.25, -0.2) is 22.8 Å². The molecule has 0 aliphatic carbocycles. The Morgan fingerprint density at radius 1 is 1.27 bits per heavy atom. The second-order valence-electron chi connectivity index (χ2n) is 6.32. The van der Waals surface area contributed by atoms with E-state index >= 15 is 0 Å². The molecule has 1 atom stereocenters. The van der Waals surface area contributed by atoms with E-state index in [0.29, 0.717) is 23.8 Å². The summed E-state index contributed by atoms with van der Waals surface area (Å²) in [6.07, 6.45) is 0.507. The van der Waals surface area contributed by atoms with Gasteiger partial charge in [0.2, 0.25) is 5.95 Å². The topological polar surface area (TPSA) is 92.3 Å². The Balaban J connectivity index is 1.80. The number of rotatable bonds is 4. The van der Waals surface area contributed by atoms with Crippen molar-refractivity contribution in [2.75, 3.05) is 28.8 Å². The molecule has 0 radical (unpaired) electrons. The first-order valence-electron chi connectivity index (χ1n) is 8.09. The van der Waals surface area contributed by atoms with Crippen molar-refractivity contribution < 1.29 is 17.6 Å². The van der Waals surface area contributed by atoms with Crippen LogP contribution in [0, 0.1) is 12.7 Å². The van der Waals surface area contributed by atoms with Crippen LogP contribution in [0.3, 0.4) is 0 Å². The SMILES string of the molecule is Cc1cc(C(=O)Nc2ccc(F)cc2)nc(N(C)C2CCS(=O)(=O)C2)n1. The van der Waals surface area contributed by atoms with E-state index in [-0.39, 0.29) is 23.2 Å². The highest BCUT2D eigenvalue weighted by Crippen LogP contribution is 2.21. The smallest absolute Gasteiger partial charge is 0.274 e. The lowest BCUT2D eigenvalue weighted by atomic mass is 10.2. The molecule has 0 saturated carbocycles. The van der Waals surface area contributed by atoms with Gasteiger partial charge in [0, 0.05) is 24.5 Å². The molecule has 1 aromatic heterocycles. The molecule has 1 N–H and O–H groups in total. The summed E-state index contributed by atoms with van der Waals surface area (Å²) in [6.45, 7) is 1.74. The van der Waals surface area contributed by atoms with Gasteiger partial charge in [0.05, 0.1) is 11.5 Å². The minimum atomic E-state index is -3.04. The Morgan fingerprint density at radius 2 is 1.96 bits per heavy atom. The Labute approximate surface area is 151 Å². The number of anilines is 2. The van der Waals surface area contributed by atoms with E-state index in [9.17, 15) is 17.6 Å². The number of amides is 1.